The molecule has 0 aliphatic heterocycles. The Kier molecular flexibility index (Phi) is 5.31. The molecule has 2 aromatic rings. The van der Waals surface area contributed by atoms with Gasteiger partial charge < -0.3 is 10.6 Å². The normalized spacial score (nSPS) is 10.1. The Morgan fingerprint density at radius 2 is 1.90 bits per heavy atom. The Morgan fingerprint density at radius 1 is 1.15 bits per heavy atom. The molecule has 1 heterocycles. The monoisotopic (exact) mass is 352 g/mol. The zero-order valence-electron chi connectivity index (χ0n) is 10.6. The molecule has 0 spiro atoms. The standard InChI is InChI=1S/C14H13BrN2O2S/c15-12-6-11(9-20-12)14(19)17-8-13(18)16-7-10-4-2-1-3-5-10/h1-6,9H,7-8H2,(H,16,18)(H,17,19). The lowest BCUT2D eigenvalue weighted by Gasteiger charge is -2.06. The molecule has 0 unspecified atom stereocenters. The topological polar surface area (TPSA) is 58.2 Å². The quantitative estimate of drug-likeness (QED) is 0.868. The number of amides is 2. The first-order chi connectivity index (χ1) is 9.65. The lowest BCUT2D eigenvalue weighted by Crippen LogP contribution is -2.36. The predicted molar refractivity (Wildman–Crippen MR) is 82.6 cm³/mol. The van der Waals surface area contributed by atoms with E-state index < -0.39 is 0 Å². The second-order valence-corrected chi connectivity index (χ2v) is 6.37. The molecule has 1 aromatic heterocycles. The molecule has 0 saturated carbocycles. The van der Waals surface area contributed by atoms with Crippen molar-refractivity contribution in [2.75, 3.05) is 6.54 Å². The molecule has 0 bridgehead atoms. The summed E-state index contributed by atoms with van der Waals surface area (Å²) in [4.78, 5) is 23.4. The minimum Gasteiger partial charge on any atom is -0.350 e. The second kappa shape index (κ2) is 7.21. The fraction of sp³-hybridized carbons (Fsp3) is 0.143. The first-order valence-electron chi connectivity index (χ1n) is 5.98. The third-order valence-corrected chi connectivity index (χ3v) is 4.08. The van der Waals surface area contributed by atoms with Crippen molar-refractivity contribution >= 4 is 39.1 Å². The lowest BCUT2D eigenvalue weighted by atomic mass is 10.2. The predicted octanol–water partition coefficient (Wildman–Crippen LogP) is 2.56. The van der Waals surface area contributed by atoms with E-state index >= 15 is 0 Å². The minimum absolute atomic E-state index is 0.0286. The van der Waals surface area contributed by atoms with Gasteiger partial charge in [-0.25, -0.2) is 0 Å². The Hall–Kier alpha value is -1.66. The summed E-state index contributed by atoms with van der Waals surface area (Å²) in [5.74, 6) is -0.460. The zero-order valence-corrected chi connectivity index (χ0v) is 13.0. The molecule has 2 rings (SSSR count). The first-order valence-corrected chi connectivity index (χ1v) is 7.65. The van der Waals surface area contributed by atoms with Crippen LogP contribution in [0.3, 0.4) is 0 Å². The van der Waals surface area contributed by atoms with Gasteiger partial charge in [-0.15, -0.1) is 11.3 Å². The van der Waals surface area contributed by atoms with Crippen LogP contribution in [-0.4, -0.2) is 18.4 Å². The molecule has 6 heteroatoms. The van der Waals surface area contributed by atoms with E-state index in [1.54, 1.807) is 11.4 Å². The number of halogens is 1. The molecule has 2 N–H and O–H groups in total. The molecule has 0 aliphatic carbocycles. The highest BCUT2D eigenvalue weighted by Crippen LogP contribution is 2.20. The van der Waals surface area contributed by atoms with E-state index in [0.29, 0.717) is 12.1 Å². The van der Waals surface area contributed by atoms with Gasteiger partial charge in [-0.05, 0) is 27.6 Å². The average Bonchev–Trinajstić information content (AvgIpc) is 2.90. The maximum absolute atomic E-state index is 11.7. The zero-order chi connectivity index (χ0) is 14.4. The summed E-state index contributed by atoms with van der Waals surface area (Å²) in [6.07, 6.45) is 0. The van der Waals surface area contributed by atoms with Crippen LogP contribution in [0.2, 0.25) is 0 Å². The molecule has 1 aromatic carbocycles. The number of hydrogen-bond acceptors (Lipinski definition) is 3. The van der Waals surface area contributed by atoms with Crippen LogP contribution in [0.5, 0.6) is 0 Å². The number of nitrogens with one attached hydrogen (secondary N) is 2. The van der Waals surface area contributed by atoms with Gasteiger partial charge in [0.05, 0.1) is 15.9 Å². The Bertz CT molecular complexity index is 598. The molecule has 0 fully saturated rings. The largest absolute Gasteiger partial charge is 0.350 e. The van der Waals surface area contributed by atoms with E-state index in [9.17, 15) is 9.59 Å². The van der Waals surface area contributed by atoms with Crippen molar-refractivity contribution in [3.63, 3.8) is 0 Å². The van der Waals surface area contributed by atoms with Crippen LogP contribution in [0, 0.1) is 0 Å². The van der Waals surface area contributed by atoms with E-state index in [-0.39, 0.29) is 18.4 Å². The van der Waals surface area contributed by atoms with Crippen molar-refractivity contribution in [2.45, 2.75) is 6.54 Å². The SMILES string of the molecule is O=C(CNC(=O)c1csc(Br)c1)NCc1ccccc1. The van der Waals surface area contributed by atoms with Gasteiger partial charge >= 0.3 is 0 Å². The second-order valence-electron chi connectivity index (χ2n) is 4.08. The number of carbonyl (C=O) groups is 2. The molecule has 0 radical (unpaired) electrons. The fourth-order valence-electron chi connectivity index (χ4n) is 1.55. The van der Waals surface area contributed by atoms with Crippen LogP contribution >= 0.6 is 27.3 Å². The molecule has 2 amide bonds. The van der Waals surface area contributed by atoms with Gasteiger partial charge in [0.15, 0.2) is 0 Å². The summed E-state index contributed by atoms with van der Waals surface area (Å²) >= 11 is 4.72. The molecule has 20 heavy (non-hydrogen) atoms. The third kappa shape index (κ3) is 4.47. The summed E-state index contributed by atoms with van der Waals surface area (Å²) in [6.45, 7) is 0.429. The van der Waals surface area contributed by atoms with E-state index in [4.69, 9.17) is 0 Å². The van der Waals surface area contributed by atoms with E-state index in [1.165, 1.54) is 11.3 Å². The summed E-state index contributed by atoms with van der Waals surface area (Å²) < 4.78 is 0.885. The van der Waals surface area contributed by atoms with Crippen molar-refractivity contribution < 1.29 is 9.59 Å². The lowest BCUT2D eigenvalue weighted by molar-refractivity contribution is -0.120. The summed E-state index contributed by atoms with van der Waals surface area (Å²) in [5, 5.41) is 7.07. The fourth-order valence-corrected chi connectivity index (χ4v) is 2.69. The highest BCUT2D eigenvalue weighted by atomic mass is 79.9. The van der Waals surface area contributed by atoms with Crippen LogP contribution in [0.4, 0.5) is 0 Å². The Labute approximate surface area is 129 Å². The van der Waals surface area contributed by atoms with Gasteiger partial charge in [0.2, 0.25) is 5.91 Å². The van der Waals surface area contributed by atoms with Crippen molar-refractivity contribution in [1.29, 1.82) is 0 Å². The number of benzene rings is 1. The smallest absolute Gasteiger partial charge is 0.252 e. The van der Waals surface area contributed by atoms with Crippen molar-refractivity contribution in [3.05, 3.63) is 56.7 Å². The van der Waals surface area contributed by atoms with Crippen LogP contribution in [0.15, 0.2) is 45.6 Å². The molecule has 0 atom stereocenters. The van der Waals surface area contributed by atoms with Crippen molar-refractivity contribution in [3.8, 4) is 0 Å². The van der Waals surface area contributed by atoms with Gasteiger partial charge in [0.1, 0.15) is 0 Å². The van der Waals surface area contributed by atoms with Crippen molar-refractivity contribution in [2.24, 2.45) is 0 Å². The first kappa shape index (κ1) is 14.7. The van der Waals surface area contributed by atoms with Gasteiger partial charge in [-0.2, -0.15) is 0 Å². The van der Waals surface area contributed by atoms with Gasteiger partial charge in [0, 0.05) is 11.9 Å². The Morgan fingerprint density at radius 3 is 2.55 bits per heavy atom. The maximum Gasteiger partial charge on any atom is 0.252 e. The van der Waals surface area contributed by atoms with Crippen LogP contribution < -0.4 is 10.6 Å². The maximum atomic E-state index is 11.7. The van der Waals surface area contributed by atoms with Gasteiger partial charge in [0.25, 0.3) is 5.91 Å². The molecule has 104 valence electrons. The molecule has 4 nitrogen and oxygen atoms in total. The van der Waals surface area contributed by atoms with Gasteiger partial charge in [-0.3, -0.25) is 9.59 Å². The molecule has 0 aliphatic rings. The van der Waals surface area contributed by atoms with E-state index in [2.05, 4.69) is 26.6 Å². The molecular weight excluding hydrogens is 340 g/mol. The highest BCUT2D eigenvalue weighted by Gasteiger charge is 2.09. The number of rotatable bonds is 5. The van der Waals surface area contributed by atoms with Crippen LogP contribution in [0.1, 0.15) is 15.9 Å². The minimum atomic E-state index is -0.248. The average molecular weight is 353 g/mol. The van der Waals surface area contributed by atoms with E-state index in [1.807, 2.05) is 30.3 Å². The number of hydrogen-bond donors (Lipinski definition) is 2. The molecule has 0 saturated heterocycles. The molecular formula is C14H13BrN2O2S. The Balaban J connectivity index is 1.74. The third-order valence-electron chi connectivity index (χ3n) is 2.57. The summed E-state index contributed by atoms with van der Waals surface area (Å²) in [5.41, 5.74) is 1.58. The summed E-state index contributed by atoms with van der Waals surface area (Å²) in [7, 11) is 0. The number of thiophene rings is 1. The van der Waals surface area contributed by atoms with Crippen LogP contribution in [0.25, 0.3) is 0 Å². The van der Waals surface area contributed by atoms with Crippen molar-refractivity contribution in [1.82, 2.24) is 10.6 Å². The number of carbonyl (C=O) groups excluding carboxylic acids is 2. The van der Waals surface area contributed by atoms with E-state index in [0.717, 1.165) is 9.35 Å². The van der Waals surface area contributed by atoms with Crippen LogP contribution in [-0.2, 0) is 11.3 Å². The van der Waals surface area contributed by atoms with Gasteiger partial charge in [-0.1, -0.05) is 30.3 Å². The summed E-state index contributed by atoms with van der Waals surface area (Å²) in [6, 6.07) is 11.3. The highest BCUT2D eigenvalue weighted by molar-refractivity contribution is 9.11.